The third kappa shape index (κ3) is 8.80. The molecule has 3 aromatic carbocycles. The number of carbonyl (C=O) groups is 1. The molecule has 268 valence electrons. The number of rotatable bonds is 18. The van der Waals surface area contributed by atoms with E-state index in [9.17, 15) is 4.79 Å². The number of nitrogens with zero attached hydrogens (tertiary/aromatic N) is 3. The van der Waals surface area contributed by atoms with Gasteiger partial charge in [-0.2, -0.15) is 0 Å². The molecule has 2 aliphatic heterocycles. The van der Waals surface area contributed by atoms with Crippen molar-refractivity contribution in [3.63, 3.8) is 0 Å². The summed E-state index contributed by atoms with van der Waals surface area (Å²) in [5.74, 6) is -1.24. The first kappa shape index (κ1) is 37.6. The van der Waals surface area contributed by atoms with E-state index in [1.165, 1.54) is 0 Å². The van der Waals surface area contributed by atoms with Crippen LogP contribution in [0.1, 0.15) is 56.2 Å². The van der Waals surface area contributed by atoms with Crippen molar-refractivity contribution < 1.29 is 19.0 Å². The Labute approximate surface area is 299 Å². The van der Waals surface area contributed by atoms with Crippen LogP contribution in [0.4, 0.5) is 0 Å². The number of nitrogens with one attached hydrogen (secondary N) is 1. The van der Waals surface area contributed by atoms with Crippen LogP contribution in [0, 0.1) is 0 Å². The Bertz CT molecular complexity index is 1490. The average molecular weight is 681 g/mol. The topological polar surface area (TPSA) is 66.5 Å². The van der Waals surface area contributed by atoms with E-state index in [4.69, 9.17) is 14.2 Å². The number of hydrogen-bond donors (Lipinski definition) is 1. The van der Waals surface area contributed by atoms with E-state index in [-0.39, 0.29) is 5.97 Å². The third-order valence-corrected chi connectivity index (χ3v) is 10.1. The van der Waals surface area contributed by atoms with E-state index in [0.717, 1.165) is 81.2 Å². The van der Waals surface area contributed by atoms with Crippen LogP contribution in [-0.4, -0.2) is 93.2 Å². The highest BCUT2D eigenvalue weighted by molar-refractivity contribution is 5.87. The average Bonchev–Trinajstić information content (AvgIpc) is 3.44. The van der Waals surface area contributed by atoms with E-state index in [1.807, 2.05) is 79.7 Å². The van der Waals surface area contributed by atoms with Crippen molar-refractivity contribution in [2.45, 2.75) is 56.5 Å². The van der Waals surface area contributed by atoms with E-state index >= 15 is 0 Å². The predicted molar refractivity (Wildman–Crippen MR) is 200 cm³/mol. The first-order valence-electron chi connectivity index (χ1n) is 18.1. The van der Waals surface area contributed by atoms with Crippen LogP contribution in [0.5, 0.6) is 0 Å². The van der Waals surface area contributed by atoms with Gasteiger partial charge in [-0.1, -0.05) is 110 Å². The SMILES string of the molecule is C=C/C(=C\C)C(C)(OCCCNCN(C)CCCN(C)CN1CCC2(CC1)OC(=O)C(c1ccccc1)(c1ccccc1)O2)c1ccccc1. The summed E-state index contributed by atoms with van der Waals surface area (Å²) >= 11 is 0. The molecule has 0 saturated carbocycles. The molecule has 2 heterocycles. The lowest BCUT2D eigenvalue weighted by molar-refractivity contribution is -0.209. The van der Waals surface area contributed by atoms with Gasteiger partial charge in [0.1, 0.15) is 5.60 Å². The fourth-order valence-electron chi connectivity index (χ4n) is 7.21. The van der Waals surface area contributed by atoms with Crippen LogP contribution in [0.15, 0.2) is 115 Å². The van der Waals surface area contributed by atoms with Crippen LogP contribution in [0.2, 0.25) is 0 Å². The van der Waals surface area contributed by atoms with Crippen molar-refractivity contribution in [1.82, 2.24) is 20.0 Å². The van der Waals surface area contributed by atoms with Gasteiger partial charge in [0, 0.05) is 52.3 Å². The monoisotopic (exact) mass is 680 g/mol. The molecule has 0 bridgehead atoms. The molecule has 1 unspecified atom stereocenters. The Morgan fingerprint density at radius 2 is 1.50 bits per heavy atom. The highest BCUT2D eigenvalue weighted by Crippen LogP contribution is 2.48. The molecule has 0 aliphatic carbocycles. The summed E-state index contributed by atoms with van der Waals surface area (Å²) in [6.45, 7) is 15.1. The Morgan fingerprint density at radius 3 is 2.08 bits per heavy atom. The minimum Gasteiger partial charge on any atom is -0.430 e. The summed E-state index contributed by atoms with van der Waals surface area (Å²) < 4.78 is 19.4. The molecule has 8 heteroatoms. The minimum absolute atomic E-state index is 0.329. The van der Waals surface area contributed by atoms with Crippen LogP contribution >= 0.6 is 0 Å². The zero-order valence-electron chi connectivity index (χ0n) is 30.5. The summed E-state index contributed by atoms with van der Waals surface area (Å²) in [6, 6.07) is 29.9. The molecule has 2 fully saturated rings. The normalized spacial score (nSPS) is 18.8. The van der Waals surface area contributed by atoms with Gasteiger partial charge >= 0.3 is 5.97 Å². The summed E-state index contributed by atoms with van der Waals surface area (Å²) in [5.41, 5.74) is 2.06. The van der Waals surface area contributed by atoms with Gasteiger partial charge in [0.25, 0.3) is 0 Å². The number of esters is 1. The standard InChI is InChI=1S/C42H56N4O4/c1-6-35(7-2)40(3,36-19-11-8-12-20-36)48-32-17-27-43-33-44(4)28-18-29-45(5)34-46-30-25-41(26-31-46)49-39(47)42(50-41,37-21-13-9-14-22-37)38-23-15-10-16-24-38/h6-16,19-24,43H,1,17-18,25-34H2,2-5H3/b35-7+. The fourth-order valence-corrected chi connectivity index (χ4v) is 7.21. The molecule has 0 radical (unpaired) electrons. The molecular formula is C42H56N4O4. The lowest BCUT2D eigenvalue weighted by Crippen LogP contribution is -2.49. The van der Waals surface area contributed by atoms with E-state index in [0.29, 0.717) is 19.4 Å². The maximum absolute atomic E-state index is 13.7. The number of piperidine rings is 1. The van der Waals surface area contributed by atoms with Gasteiger partial charge in [0.05, 0.1) is 6.67 Å². The molecule has 50 heavy (non-hydrogen) atoms. The first-order chi connectivity index (χ1) is 24.2. The summed E-state index contributed by atoms with van der Waals surface area (Å²) in [7, 11) is 4.34. The molecular weight excluding hydrogens is 624 g/mol. The van der Waals surface area contributed by atoms with Gasteiger partial charge in [0.2, 0.25) is 11.4 Å². The number of hydrogen-bond acceptors (Lipinski definition) is 8. The van der Waals surface area contributed by atoms with Crippen LogP contribution in [-0.2, 0) is 30.2 Å². The molecule has 2 saturated heterocycles. The highest BCUT2D eigenvalue weighted by Gasteiger charge is 2.60. The van der Waals surface area contributed by atoms with Gasteiger partial charge in [-0.3, -0.25) is 14.7 Å². The second kappa shape index (κ2) is 17.5. The lowest BCUT2D eigenvalue weighted by Gasteiger charge is -2.39. The molecule has 3 aromatic rings. The molecule has 8 nitrogen and oxygen atoms in total. The van der Waals surface area contributed by atoms with Crippen molar-refractivity contribution in [3.8, 4) is 0 Å². The van der Waals surface area contributed by atoms with Crippen molar-refractivity contribution in [1.29, 1.82) is 0 Å². The smallest absolute Gasteiger partial charge is 0.350 e. The predicted octanol–water partition coefficient (Wildman–Crippen LogP) is 6.51. The molecule has 1 N–H and O–H groups in total. The quantitative estimate of drug-likeness (QED) is 0.0707. The Hall–Kier alpha value is -3.63. The van der Waals surface area contributed by atoms with Gasteiger partial charge < -0.3 is 19.5 Å². The maximum atomic E-state index is 13.7. The lowest BCUT2D eigenvalue weighted by atomic mass is 9.86. The van der Waals surface area contributed by atoms with Gasteiger partial charge in [-0.05, 0) is 69.6 Å². The Balaban J connectivity index is 0.995. The second-order valence-corrected chi connectivity index (χ2v) is 13.8. The van der Waals surface area contributed by atoms with Crippen molar-refractivity contribution >= 4 is 5.97 Å². The maximum Gasteiger partial charge on any atom is 0.350 e. The highest BCUT2D eigenvalue weighted by atomic mass is 16.8. The number of ether oxygens (including phenoxy) is 3. The first-order valence-corrected chi connectivity index (χ1v) is 18.1. The molecule has 1 atom stereocenters. The van der Waals surface area contributed by atoms with Gasteiger partial charge in [-0.15, -0.1) is 0 Å². The molecule has 2 aliphatic rings. The second-order valence-electron chi connectivity index (χ2n) is 13.8. The van der Waals surface area contributed by atoms with Gasteiger partial charge in [0.15, 0.2) is 0 Å². The van der Waals surface area contributed by atoms with Gasteiger partial charge in [-0.25, -0.2) is 4.79 Å². The third-order valence-electron chi connectivity index (χ3n) is 10.1. The van der Waals surface area contributed by atoms with E-state index in [1.54, 1.807) is 0 Å². The number of benzene rings is 3. The van der Waals surface area contributed by atoms with Crippen molar-refractivity contribution in [2.75, 3.05) is 66.8 Å². The molecule has 1 spiro atoms. The van der Waals surface area contributed by atoms with E-state index in [2.05, 4.69) is 78.0 Å². The molecule has 5 rings (SSSR count). The Kier molecular flexibility index (Phi) is 13.2. The Morgan fingerprint density at radius 1 is 0.920 bits per heavy atom. The van der Waals surface area contributed by atoms with Crippen LogP contribution < -0.4 is 5.32 Å². The number of likely N-dealkylation sites (tertiary alicyclic amines) is 1. The number of carbonyl (C=O) groups excluding carboxylic acids is 1. The molecule has 0 aromatic heterocycles. The molecule has 0 amide bonds. The minimum atomic E-state index is -1.25. The van der Waals surface area contributed by atoms with Crippen LogP contribution in [0.3, 0.4) is 0 Å². The summed E-state index contributed by atoms with van der Waals surface area (Å²) in [5, 5.41) is 3.57. The fraction of sp³-hybridized carbons (Fsp3) is 0.452. The van der Waals surface area contributed by atoms with E-state index < -0.39 is 17.0 Å². The zero-order valence-corrected chi connectivity index (χ0v) is 30.5. The van der Waals surface area contributed by atoms with Crippen molar-refractivity contribution in [3.05, 3.63) is 132 Å². The summed E-state index contributed by atoms with van der Waals surface area (Å²) in [6.07, 6.45) is 7.26. The van der Waals surface area contributed by atoms with Crippen molar-refractivity contribution in [2.24, 2.45) is 0 Å². The number of allylic oxidation sites excluding steroid dienone is 1. The largest absolute Gasteiger partial charge is 0.430 e. The zero-order chi connectivity index (χ0) is 35.5. The van der Waals surface area contributed by atoms with Crippen LogP contribution in [0.25, 0.3) is 0 Å². The summed E-state index contributed by atoms with van der Waals surface area (Å²) in [4.78, 5) is 20.8.